The van der Waals surface area contributed by atoms with Crippen molar-refractivity contribution in [1.29, 1.82) is 0 Å². The SMILES string of the molecule is Cc1ccn(-c2ccccc2NC(=O)NC(C)Cc2cc(C)[nH]n2)n1. The summed E-state index contributed by atoms with van der Waals surface area (Å²) < 4.78 is 1.75. The summed E-state index contributed by atoms with van der Waals surface area (Å²) in [6.45, 7) is 5.83. The molecule has 0 saturated carbocycles. The number of amides is 2. The molecule has 0 aliphatic heterocycles. The molecule has 25 heavy (non-hydrogen) atoms. The molecule has 0 aliphatic rings. The van der Waals surface area contributed by atoms with E-state index < -0.39 is 0 Å². The molecule has 130 valence electrons. The Hall–Kier alpha value is -3.09. The van der Waals surface area contributed by atoms with E-state index in [2.05, 4.69) is 25.9 Å². The number of nitrogens with one attached hydrogen (secondary N) is 3. The van der Waals surface area contributed by atoms with E-state index in [0.29, 0.717) is 12.1 Å². The number of rotatable bonds is 5. The van der Waals surface area contributed by atoms with Crippen LogP contribution < -0.4 is 10.6 Å². The van der Waals surface area contributed by atoms with Gasteiger partial charge in [-0.15, -0.1) is 0 Å². The van der Waals surface area contributed by atoms with Crippen LogP contribution in [-0.2, 0) is 6.42 Å². The van der Waals surface area contributed by atoms with Gasteiger partial charge in [0.25, 0.3) is 0 Å². The second kappa shape index (κ2) is 7.21. The number of aromatic nitrogens is 4. The van der Waals surface area contributed by atoms with Gasteiger partial charge in [-0.2, -0.15) is 10.2 Å². The van der Waals surface area contributed by atoms with Gasteiger partial charge in [0, 0.05) is 24.4 Å². The van der Waals surface area contributed by atoms with Crippen LogP contribution in [0.15, 0.2) is 42.6 Å². The van der Waals surface area contributed by atoms with E-state index in [1.54, 1.807) is 4.68 Å². The molecule has 0 fully saturated rings. The maximum Gasteiger partial charge on any atom is 0.319 e. The van der Waals surface area contributed by atoms with Crippen LogP contribution in [0, 0.1) is 13.8 Å². The fourth-order valence-corrected chi connectivity index (χ4v) is 2.65. The topological polar surface area (TPSA) is 87.6 Å². The number of urea groups is 1. The van der Waals surface area contributed by atoms with Crippen LogP contribution in [-0.4, -0.2) is 32.1 Å². The van der Waals surface area contributed by atoms with E-state index in [1.165, 1.54) is 0 Å². The highest BCUT2D eigenvalue weighted by Crippen LogP contribution is 2.19. The molecule has 3 rings (SSSR count). The molecule has 7 nitrogen and oxygen atoms in total. The quantitative estimate of drug-likeness (QED) is 0.668. The number of benzene rings is 1. The van der Waals surface area contributed by atoms with Gasteiger partial charge in [0.15, 0.2) is 0 Å². The molecule has 3 aromatic rings. The van der Waals surface area contributed by atoms with Gasteiger partial charge >= 0.3 is 6.03 Å². The highest BCUT2D eigenvalue weighted by atomic mass is 16.2. The molecular weight excluding hydrogens is 316 g/mol. The van der Waals surface area contributed by atoms with Crippen molar-refractivity contribution in [2.75, 3.05) is 5.32 Å². The van der Waals surface area contributed by atoms with Gasteiger partial charge in [-0.1, -0.05) is 12.1 Å². The van der Waals surface area contributed by atoms with E-state index >= 15 is 0 Å². The van der Waals surface area contributed by atoms with Gasteiger partial charge in [-0.3, -0.25) is 5.10 Å². The third-order valence-corrected chi connectivity index (χ3v) is 3.77. The minimum Gasteiger partial charge on any atom is -0.335 e. The van der Waals surface area contributed by atoms with E-state index in [1.807, 2.05) is 63.4 Å². The Balaban J connectivity index is 1.65. The largest absolute Gasteiger partial charge is 0.335 e. The maximum atomic E-state index is 12.3. The fraction of sp³-hybridized carbons (Fsp3) is 0.278. The van der Waals surface area contributed by atoms with Crippen molar-refractivity contribution in [2.24, 2.45) is 0 Å². The molecular formula is C18H22N6O. The lowest BCUT2D eigenvalue weighted by Crippen LogP contribution is -2.37. The normalized spacial score (nSPS) is 12.0. The molecule has 2 aromatic heterocycles. The first kappa shape index (κ1) is 16.8. The monoisotopic (exact) mass is 338 g/mol. The molecule has 0 bridgehead atoms. The van der Waals surface area contributed by atoms with Crippen molar-refractivity contribution >= 4 is 11.7 Å². The number of carbonyl (C=O) groups excluding carboxylic acids is 1. The first-order chi connectivity index (χ1) is 12.0. The molecule has 1 aromatic carbocycles. The van der Waals surface area contributed by atoms with Crippen molar-refractivity contribution in [3.05, 3.63) is 59.7 Å². The van der Waals surface area contributed by atoms with Crippen molar-refractivity contribution < 1.29 is 4.79 Å². The number of para-hydroxylation sites is 2. The molecule has 1 unspecified atom stereocenters. The van der Waals surface area contributed by atoms with Crippen LogP contribution in [0.1, 0.15) is 24.0 Å². The summed E-state index contributed by atoms with van der Waals surface area (Å²) in [7, 11) is 0. The van der Waals surface area contributed by atoms with Crippen molar-refractivity contribution in [3.8, 4) is 5.69 Å². The molecule has 2 heterocycles. The van der Waals surface area contributed by atoms with Crippen LogP contribution in [0.2, 0.25) is 0 Å². The highest BCUT2D eigenvalue weighted by Gasteiger charge is 2.12. The van der Waals surface area contributed by atoms with Gasteiger partial charge in [0.1, 0.15) is 0 Å². The van der Waals surface area contributed by atoms with E-state index in [-0.39, 0.29) is 12.1 Å². The van der Waals surface area contributed by atoms with Crippen LogP contribution in [0.4, 0.5) is 10.5 Å². The minimum absolute atomic E-state index is 0.0400. The molecule has 0 spiro atoms. The number of hydrogen-bond donors (Lipinski definition) is 3. The van der Waals surface area contributed by atoms with Crippen molar-refractivity contribution in [3.63, 3.8) is 0 Å². The molecule has 2 amide bonds. The van der Waals surface area contributed by atoms with Gasteiger partial charge in [-0.25, -0.2) is 9.48 Å². The summed E-state index contributed by atoms with van der Waals surface area (Å²) in [5, 5.41) is 17.3. The second-order valence-electron chi connectivity index (χ2n) is 6.16. The molecule has 7 heteroatoms. The molecule has 3 N–H and O–H groups in total. The standard InChI is InChI=1S/C18H22N6O/c1-12-8-9-24(23-12)17-7-5-4-6-16(17)20-18(25)19-13(2)10-15-11-14(3)21-22-15/h4-9,11,13H,10H2,1-3H3,(H,21,22)(H2,19,20,25). The Bertz CT molecular complexity index is 866. The predicted octanol–water partition coefficient (Wildman–Crippen LogP) is 2.96. The lowest BCUT2D eigenvalue weighted by molar-refractivity contribution is 0.249. The Morgan fingerprint density at radius 2 is 2.08 bits per heavy atom. The number of nitrogens with zero attached hydrogens (tertiary/aromatic N) is 3. The fourth-order valence-electron chi connectivity index (χ4n) is 2.65. The van der Waals surface area contributed by atoms with Crippen LogP contribution in [0.25, 0.3) is 5.69 Å². The number of H-pyrrole nitrogens is 1. The lowest BCUT2D eigenvalue weighted by atomic mass is 10.2. The van der Waals surface area contributed by atoms with Gasteiger partial charge < -0.3 is 10.6 Å². The smallest absolute Gasteiger partial charge is 0.319 e. The molecule has 0 radical (unpaired) electrons. The first-order valence-electron chi connectivity index (χ1n) is 8.21. The van der Waals surface area contributed by atoms with Crippen LogP contribution in [0.5, 0.6) is 0 Å². The number of aryl methyl sites for hydroxylation is 2. The third kappa shape index (κ3) is 4.26. The van der Waals surface area contributed by atoms with E-state index in [9.17, 15) is 4.79 Å². The average molecular weight is 338 g/mol. The average Bonchev–Trinajstić information content (AvgIpc) is 3.16. The highest BCUT2D eigenvalue weighted by molar-refractivity contribution is 5.91. The number of anilines is 1. The zero-order valence-electron chi connectivity index (χ0n) is 14.6. The summed E-state index contributed by atoms with van der Waals surface area (Å²) in [6.07, 6.45) is 2.54. The van der Waals surface area contributed by atoms with Crippen molar-refractivity contribution in [2.45, 2.75) is 33.2 Å². The van der Waals surface area contributed by atoms with Gasteiger partial charge in [0.2, 0.25) is 0 Å². The Morgan fingerprint density at radius 1 is 1.28 bits per heavy atom. The summed E-state index contributed by atoms with van der Waals surface area (Å²) in [5.74, 6) is 0. The molecule has 0 aliphatic carbocycles. The van der Waals surface area contributed by atoms with Gasteiger partial charge in [0.05, 0.1) is 22.8 Å². The van der Waals surface area contributed by atoms with Crippen LogP contribution in [0.3, 0.4) is 0 Å². The van der Waals surface area contributed by atoms with Gasteiger partial charge in [-0.05, 0) is 45.0 Å². The Kier molecular flexibility index (Phi) is 4.83. The summed E-state index contributed by atoms with van der Waals surface area (Å²) in [6, 6.07) is 11.2. The third-order valence-electron chi connectivity index (χ3n) is 3.77. The number of aromatic amines is 1. The Labute approximate surface area is 146 Å². The zero-order chi connectivity index (χ0) is 17.8. The van der Waals surface area contributed by atoms with E-state index in [4.69, 9.17) is 0 Å². The summed E-state index contributed by atoms with van der Waals surface area (Å²) in [4.78, 5) is 12.3. The molecule has 1 atom stereocenters. The Morgan fingerprint density at radius 3 is 2.76 bits per heavy atom. The lowest BCUT2D eigenvalue weighted by Gasteiger charge is -2.15. The maximum absolute atomic E-state index is 12.3. The minimum atomic E-state index is -0.254. The van der Waals surface area contributed by atoms with E-state index in [0.717, 1.165) is 22.8 Å². The second-order valence-corrected chi connectivity index (χ2v) is 6.16. The summed E-state index contributed by atoms with van der Waals surface area (Å²) >= 11 is 0. The number of hydrogen-bond acceptors (Lipinski definition) is 3. The summed E-state index contributed by atoms with van der Waals surface area (Å²) in [5.41, 5.74) is 4.38. The molecule has 0 saturated heterocycles. The predicted molar refractivity (Wildman–Crippen MR) is 96.9 cm³/mol. The number of carbonyl (C=O) groups is 1. The zero-order valence-corrected chi connectivity index (χ0v) is 14.6. The van der Waals surface area contributed by atoms with Crippen molar-refractivity contribution in [1.82, 2.24) is 25.3 Å². The van der Waals surface area contributed by atoms with Crippen LogP contribution >= 0.6 is 0 Å². The first-order valence-corrected chi connectivity index (χ1v) is 8.21.